The SMILES string of the molecule is CCCOC1CCCN(C(=O)c2cccc(C(=O)O)c2)C1. The predicted molar refractivity (Wildman–Crippen MR) is 78.6 cm³/mol. The van der Waals surface area contributed by atoms with Gasteiger partial charge >= 0.3 is 5.97 Å². The number of rotatable bonds is 5. The number of benzene rings is 1. The highest BCUT2D eigenvalue weighted by Gasteiger charge is 2.25. The molecule has 1 aliphatic heterocycles. The van der Waals surface area contributed by atoms with Crippen molar-refractivity contribution in [2.24, 2.45) is 0 Å². The van der Waals surface area contributed by atoms with Gasteiger partial charge in [-0.1, -0.05) is 13.0 Å². The second-order valence-electron chi connectivity index (χ2n) is 5.27. The monoisotopic (exact) mass is 291 g/mol. The number of aromatic carboxylic acids is 1. The van der Waals surface area contributed by atoms with Gasteiger partial charge in [-0.15, -0.1) is 0 Å². The van der Waals surface area contributed by atoms with Crippen LogP contribution in [0, 0.1) is 0 Å². The molecule has 0 aromatic heterocycles. The van der Waals surface area contributed by atoms with E-state index in [1.165, 1.54) is 12.1 Å². The molecule has 0 aliphatic carbocycles. The molecule has 0 radical (unpaired) electrons. The van der Waals surface area contributed by atoms with E-state index in [0.717, 1.165) is 19.3 Å². The zero-order chi connectivity index (χ0) is 15.2. The Morgan fingerprint density at radius 3 is 2.86 bits per heavy atom. The van der Waals surface area contributed by atoms with Crippen LogP contribution < -0.4 is 0 Å². The predicted octanol–water partition coefficient (Wildman–Crippen LogP) is 2.42. The van der Waals surface area contributed by atoms with Gasteiger partial charge in [-0.05, 0) is 37.5 Å². The Balaban J connectivity index is 2.05. The van der Waals surface area contributed by atoms with Gasteiger partial charge in [0.15, 0.2) is 0 Å². The Bertz CT molecular complexity index is 515. The first-order chi connectivity index (χ1) is 10.1. The molecule has 114 valence electrons. The van der Waals surface area contributed by atoms with Crippen LogP contribution >= 0.6 is 0 Å². The largest absolute Gasteiger partial charge is 0.478 e. The van der Waals surface area contributed by atoms with Gasteiger partial charge in [0.25, 0.3) is 5.91 Å². The molecule has 1 aromatic rings. The Morgan fingerprint density at radius 2 is 2.14 bits per heavy atom. The number of likely N-dealkylation sites (tertiary alicyclic amines) is 1. The third kappa shape index (κ3) is 4.04. The zero-order valence-electron chi connectivity index (χ0n) is 12.2. The zero-order valence-corrected chi connectivity index (χ0v) is 12.2. The molecule has 1 unspecified atom stereocenters. The van der Waals surface area contributed by atoms with E-state index >= 15 is 0 Å². The van der Waals surface area contributed by atoms with Crippen molar-refractivity contribution in [3.63, 3.8) is 0 Å². The minimum atomic E-state index is -1.02. The normalized spacial score (nSPS) is 18.5. The smallest absolute Gasteiger partial charge is 0.335 e. The van der Waals surface area contributed by atoms with E-state index < -0.39 is 5.97 Å². The van der Waals surface area contributed by atoms with Gasteiger partial charge in [0, 0.05) is 25.3 Å². The number of nitrogens with zero attached hydrogens (tertiary/aromatic N) is 1. The van der Waals surface area contributed by atoms with Crippen molar-refractivity contribution in [3.8, 4) is 0 Å². The summed E-state index contributed by atoms with van der Waals surface area (Å²) in [5.41, 5.74) is 0.558. The molecule has 1 aliphatic rings. The first-order valence-electron chi connectivity index (χ1n) is 7.36. The Labute approximate surface area is 124 Å². The van der Waals surface area contributed by atoms with E-state index in [1.54, 1.807) is 17.0 Å². The second kappa shape index (κ2) is 7.22. The lowest BCUT2D eigenvalue weighted by Gasteiger charge is -2.32. The summed E-state index contributed by atoms with van der Waals surface area (Å²) in [6.07, 6.45) is 2.94. The van der Waals surface area contributed by atoms with Gasteiger partial charge in [-0.3, -0.25) is 4.79 Å². The molecule has 1 aromatic carbocycles. The molecule has 1 atom stereocenters. The summed E-state index contributed by atoms with van der Waals surface area (Å²) < 4.78 is 5.72. The van der Waals surface area contributed by atoms with Crippen LogP contribution in [-0.4, -0.2) is 47.7 Å². The Morgan fingerprint density at radius 1 is 1.38 bits per heavy atom. The van der Waals surface area contributed by atoms with Gasteiger partial charge in [-0.2, -0.15) is 0 Å². The highest BCUT2D eigenvalue weighted by atomic mass is 16.5. The highest BCUT2D eigenvalue weighted by Crippen LogP contribution is 2.17. The fraction of sp³-hybridized carbons (Fsp3) is 0.500. The van der Waals surface area contributed by atoms with E-state index in [-0.39, 0.29) is 17.6 Å². The maximum atomic E-state index is 12.5. The van der Waals surface area contributed by atoms with Crippen LogP contribution in [0.4, 0.5) is 0 Å². The van der Waals surface area contributed by atoms with Gasteiger partial charge < -0.3 is 14.7 Å². The molecule has 5 nitrogen and oxygen atoms in total. The Kier molecular flexibility index (Phi) is 5.33. The second-order valence-corrected chi connectivity index (χ2v) is 5.27. The average Bonchev–Trinajstić information content (AvgIpc) is 2.52. The third-order valence-corrected chi connectivity index (χ3v) is 3.58. The van der Waals surface area contributed by atoms with Crippen LogP contribution in [0.2, 0.25) is 0 Å². The molecule has 21 heavy (non-hydrogen) atoms. The maximum Gasteiger partial charge on any atom is 0.335 e. The molecule has 0 bridgehead atoms. The minimum Gasteiger partial charge on any atom is -0.478 e. The summed E-state index contributed by atoms with van der Waals surface area (Å²) in [6, 6.07) is 6.18. The highest BCUT2D eigenvalue weighted by molar-refractivity contribution is 5.97. The van der Waals surface area contributed by atoms with Gasteiger partial charge in [-0.25, -0.2) is 4.79 Å². The van der Waals surface area contributed by atoms with Gasteiger partial charge in [0.05, 0.1) is 11.7 Å². The average molecular weight is 291 g/mol. The molecule has 1 amide bonds. The van der Waals surface area contributed by atoms with E-state index in [9.17, 15) is 9.59 Å². The van der Waals surface area contributed by atoms with Crippen LogP contribution in [0.15, 0.2) is 24.3 Å². The fourth-order valence-corrected chi connectivity index (χ4v) is 2.51. The lowest BCUT2D eigenvalue weighted by Crippen LogP contribution is -2.43. The number of carboxylic acids is 1. The van der Waals surface area contributed by atoms with Crippen molar-refractivity contribution in [2.75, 3.05) is 19.7 Å². The number of carbonyl (C=O) groups excluding carboxylic acids is 1. The Hall–Kier alpha value is -1.88. The topological polar surface area (TPSA) is 66.8 Å². The number of hydrogen-bond acceptors (Lipinski definition) is 3. The molecule has 5 heteroatoms. The quantitative estimate of drug-likeness (QED) is 0.904. The molecule has 1 N–H and O–H groups in total. The third-order valence-electron chi connectivity index (χ3n) is 3.58. The summed E-state index contributed by atoms with van der Waals surface area (Å²) in [5.74, 6) is -1.14. The molecule has 1 heterocycles. The lowest BCUT2D eigenvalue weighted by molar-refractivity contribution is 0.00211. The first kappa shape index (κ1) is 15.5. The van der Waals surface area contributed by atoms with Crippen molar-refractivity contribution >= 4 is 11.9 Å². The molecular formula is C16H21NO4. The van der Waals surface area contributed by atoms with Crippen molar-refractivity contribution in [1.82, 2.24) is 4.90 Å². The van der Waals surface area contributed by atoms with Crippen molar-refractivity contribution in [3.05, 3.63) is 35.4 Å². The fourth-order valence-electron chi connectivity index (χ4n) is 2.51. The van der Waals surface area contributed by atoms with Gasteiger partial charge in [0.1, 0.15) is 0 Å². The standard InChI is InChI=1S/C16H21NO4/c1-2-9-21-14-7-4-8-17(11-14)15(18)12-5-3-6-13(10-12)16(19)20/h3,5-6,10,14H,2,4,7-9,11H2,1H3,(H,19,20). The minimum absolute atomic E-state index is 0.0882. The van der Waals surface area contributed by atoms with E-state index in [2.05, 4.69) is 6.92 Å². The molecule has 1 fully saturated rings. The van der Waals surface area contributed by atoms with E-state index in [1.807, 2.05) is 0 Å². The molecule has 0 saturated carbocycles. The lowest BCUT2D eigenvalue weighted by atomic mass is 10.1. The van der Waals surface area contributed by atoms with Crippen molar-refractivity contribution in [2.45, 2.75) is 32.3 Å². The van der Waals surface area contributed by atoms with E-state index in [4.69, 9.17) is 9.84 Å². The number of hydrogen-bond donors (Lipinski definition) is 1. The summed E-state index contributed by atoms with van der Waals surface area (Å²) in [7, 11) is 0. The maximum absolute atomic E-state index is 12.5. The summed E-state index contributed by atoms with van der Waals surface area (Å²) >= 11 is 0. The number of piperidine rings is 1. The van der Waals surface area contributed by atoms with Crippen LogP contribution in [0.5, 0.6) is 0 Å². The number of amides is 1. The molecular weight excluding hydrogens is 270 g/mol. The number of carbonyl (C=O) groups is 2. The van der Waals surface area contributed by atoms with Crippen LogP contribution in [-0.2, 0) is 4.74 Å². The van der Waals surface area contributed by atoms with Crippen LogP contribution in [0.25, 0.3) is 0 Å². The number of ether oxygens (including phenoxy) is 1. The van der Waals surface area contributed by atoms with Crippen molar-refractivity contribution in [1.29, 1.82) is 0 Å². The summed E-state index contributed by atoms with van der Waals surface area (Å²) in [4.78, 5) is 25.2. The van der Waals surface area contributed by atoms with Crippen molar-refractivity contribution < 1.29 is 19.4 Å². The van der Waals surface area contributed by atoms with E-state index in [0.29, 0.717) is 25.3 Å². The van der Waals surface area contributed by atoms with Gasteiger partial charge in [0.2, 0.25) is 0 Å². The summed E-state index contributed by atoms with van der Waals surface area (Å²) in [6.45, 7) is 4.04. The molecule has 1 saturated heterocycles. The van der Waals surface area contributed by atoms with Crippen LogP contribution in [0.3, 0.4) is 0 Å². The molecule has 2 rings (SSSR count). The molecule has 0 spiro atoms. The van der Waals surface area contributed by atoms with Crippen LogP contribution in [0.1, 0.15) is 46.9 Å². The number of carboxylic acid groups (broad SMARTS) is 1. The summed E-state index contributed by atoms with van der Waals surface area (Å²) in [5, 5.41) is 9.00. The first-order valence-corrected chi connectivity index (χ1v) is 7.36.